The number of hydrogen-bond donors (Lipinski definition) is 2. The zero-order valence-corrected chi connectivity index (χ0v) is 13.8. The number of rotatable bonds is 7. The SMILES string of the molecule is CN(C)CCNC(=O)c1cccc(C(=O)NCc2ccccn2)n1. The fraction of sp³-hybridized carbons (Fsp3) is 0.294. The van der Waals surface area contributed by atoms with E-state index in [4.69, 9.17) is 0 Å². The van der Waals surface area contributed by atoms with Gasteiger partial charge in [-0.15, -0.1) is 0 Å². The molecule has 0 atom stereocenters. The van der Waals surface area contributed by atoms with Crippen molar-refractivity contribution in [3.63, 3.8) is 0 Å². The van der Waals surface area contributed by atoms with Gasteiger partial charge in [0.1, 0.15) is 11.4 Å². The molecule has 2 amide bonds. The Morgan fingerprint density at radius 3 is 2.33 bits per heavy atom. The van der Waals surface area contributed by atoms with Gasteiger partial charge in [-0.3, -0.25) is 14.6 Å². The van der Waals surface area contributed by atoms with Crippen molar-refractivity contribution in [3.05, 3.63) is 59.7 Å². The van der Waals surface area contributed by atoms with Crippen LogP contribution in [0.1, 0.15) is 26.7 Å². The number of nitrogens with one attached hydrogen (secondary N) is 2. The van der Waals surface area contributed by atoms with Gasteiger partial charge in [0.2, 0.25) is 0 Å². The van der Waals surface area contributed by atoms with Crippen LogP contribution in [0.25, 0.3) is 0 Å². The van der Waals surface area contributed by atoms with Crippen molar-refractivity contribution in [3.8, 4) is 0 Å². The molecular weight excluding hydrogens is 306 g/mol. The average Bonchev–Trinajstić information content (AvgIpc) is 2.60. The van der Waals surface area contributed by atoms with E-state index in [0.717, 1.165) is 12.2 Å². The van der Waals surface area contributed by atoms with Gasteiger partial charge < -0.3 is 15.5 Å². The molecule has 0 radical (unpaired) electrons. The highest BCUT2D eigenvalue weighted by atomic mass is 16.2. The van der Waals surface area contributed by atoms with Gasteiger partial charge in [0.05, 0.1) is 12.2 Å². The second-order valence-corrected chi connectivity index (χ2v) is 5.47. The summed E-state index contributed by atoms with van der Waals surface area (Å²) in [5, 5.41) is 5.51. The summed E-state index contributed by atoms with van der Waals surface area (Å²) in [4.78, 5) is 34.4. The van der Waals surface area contributed by atoms with Crippen molar-refractivity contribution < 1.29 is 9.59 Å². The first-order chi connectivity index (χ1) is 11.6. The van der Waals surface area contributed by atoms with Gasteiger partial charge in [0.25, 0.3) is 11.8 Å². The fourth-order valence-electron chi connectivity index (χ4n) is 1.94. The monoisotopic (exact) mass is 327 g/mol. The van der Waals surface area contributed by atoms with Gasteiger partial charge in [-0.25, -0.2) is 4.98 Å². The summed E-state index contributed by atoms with van der Waals surface area (Å²) in [5.74, 6) is -0.639. The van der Waals surface area contributed by atoms with Gasteiger partial charge in [0.15, 0.2) is 0 Å². The van der Waals surface area contributed by atoms with Crippen LogP contribution >= 0.6 is 0 Å². The molecule has 2 N–H and O–H groups in total. The number of nitrogens with zero attached hydrogens (tertiary/aromatic N) is 3. The molecule has 0 bridgehead atoms. The minimum atomic E-state index is -0.344. The molecule has 0 aromatic carbocycles. The Morgan fingerprint density at radius 1 is 1.00 bits per heavy atom. The molecule has 0 aliphatic carbocycles. The van der Waals surface area contributed by atoms with E-state index in [1.54, 1.807) is 24.4 Å². The van der Waals surface area contributed by atoms with Crippen molar-refractivity contribution in [1.82, 2.24) is 25.5 Å². The number of amides is 2. The lowest BCUT2D eigenvalue weighted by Crippen LogP contribution is -2.32. The minimum Gasteiger partial charge on any atom is -0.349 e. The summed E-state index contributed by atoms with van der Waals surface area (Å²) in [6, 6.07) is 10.3. The highest BCUT2D eigenvalue weighted by molar-refractivity contribution is 5.96. The molecule has 7 nitrogen and oxygen atoms in total. The van der Waals surface area contributed by atoms with Crippen LogP contribution < -0.4 is 10.6 Å². The molecule has 0 saturated carbocycles. The molecule has 2 heterocycles. The third-order valence-corrected chi connectivity index (χ3v) is 3.22. The summed E-state index contributed by atoms with van der Waals surface area (Å²) in [6.07, 6.45) is 1.67. The standard InChI is InChI=1S/C17H21N5O2/c1-22(2)11-10-19-16(23)14-7-5-8-15(21-14)17(24)20-12-13-6-3-4-9-18-13/h3-9H,10-12H2,1-2H3,(H,19,23)(H,20,24). The highest BCUT2D eigenvalue weighted by Crippen LogP contribution is 2.01. The molecule has 0 saturated heterocycles. The smallest absolute Gasteiger partial charge is 0.270 e. The molecule has 126 valence electrons. The van der Waals surface area contributed by atoms with E-state index in [9.17, 15) is 9.59 Å². The number of likely N-dealkylation sites (N-methyl/N-ethyl adjacent to an activating group) is 1. The summed E-state index contributed by atoms with van der Waals surface area (Å²) in [5.41, 5.74) is 1.17. The van der Waals surface area contributed by atoms with E-state index < -0.39 is 0 Å². The lowest BCUT2D eigenvalue weighted by atomic mass is 10.2. The van der Waals surface area contributed by atoms with Crippen molar-refractivity contribution in [2.75, 3.05) is 27.2 Å². The first kappa shape index (κ1) is 17.6. The van der Waals surface area contributed by atoms with Crippen molar-refractivity contribution in [1.29, 1.82) is 0 Å². The Hall–Kier alpha value is -2.80. The van der Waals surface area contributed by atoms with Crippen molar-refractivity contribution >= 4 is 11.8 Å². The van der Waals surface area contributed by atoms with Gasteiger partial charge in [-0.1, -0.05) is 12.1 Å². The molecule has 0 fully saturated rings. The molecular formula is C17H21N5O2. The van der Waals surface area contributed by atoms with Crippen LogP contribution in [-0.2, 0) is 6.54 Å². The topological polar surface area (TPSA) is 87.2 Å². The Balaban J connectivity index is 1.93. The first-order valence-corrected chi connectivity index (χ1v) is 7.64. The molecule has 0 spiro atoms. The van der Waals surface area contributed by atoms with Crippen LogP contribution in [0.15, 0.2) is 42.6 Å². The van der Waals surface area contributed by atoms with E-state index >= 15 is 0 Å². The fourth-order valence-corrected chi connectivity index (χ4v) is 1.94. The average molecular weight is 327 g/mol. The van der Waals surface area contributed by atoms with E-state index in [-0.39, 0.29) is 23.2 Å². The quantitative estimate of drug-likeness (QED) is 0.781. The molecule has 0 aliphatic heterocycles. The van der Waals surface area contributed by atoms with Crippen LogP contribution in [0.2, 0.25) is 0 Å². The largest absolute Gasteiger partial charge is 0.349 e. The number of carbonyl (C=O) groups is 2. The highest BCUT2D eigenvalue weighted by Gasteiger charge is 2.12. The maximum atomic E-state index is 12.2. The maximum absolute atomic E-state index is 12.2. The third kappa shape index (κ3) is 5.44. The Morgan fingerprint density at radius 2 is 1.71 bits per heavy atom. The van der Waals surface area contributed by atoms with Crippen LogP contribution in [0.4, 0.5) is 0 Å². The van der Waals surface area contributed by atoms with E-state index in [1.807, 2.05) is 37.2 Å². The van der Waals surface area contributed by atoms with Crippen LogP contribution in [-0.4, -0.2) is 53.9 Å². The van der Waals surface area contributed by atoms with Crippen molar-refractivity contribution in [2.24, 2.45) is 0 Å². The first-order valence-electron chi connectivity index (χ1n) is 7.64. The predicted molar refractivity (Wildman–Crippen MR) is 90.5 cm³/mol. The summed E-state index contributed by atoms with van der Waals surface area (Å²) in [7, 11) is 3.86. The molecule has 2 aromatic heterocycles. The van der Waals surface area contributed by atoms with E-state index in [1.165, 1.54) is 0 Å². The lowest BCUT2D eigenvalue weighted by molar-refractivity contribution is 0.0941. The maximum Gasteiger partial charge on any atom is 0.270 e. The number of hydrogen-bond acceptors (Lipinski definition) is 5. The van der Waals surface area contributed by atoms with Crippen LogP contribution in [0.5, 0.6) is 0 Å². The normalized spacial score (nSPS) is 10.5. The zero-order chi connectivity index (χ0) is 17.4. The Labute approximate surface area is 141 Å². The molecule has 0 aliphatic rings. The number of carbonyl (C=O) groups excluding carboxylic acids is 2. The molecule has 24 heavy (non-hydrogen) atoms. The summed E-state index contributed by atoms with van der Waals surface area (Å²) >= 11 is 0. The summed E-state index contributed by atoms with van der Waals surface area (Å²) < 4.78 is 0. The van der Waals surface area contributed by atoms with Crippen LogP contribution in [0.3, 0.4) is 0 Å². The van der Waals surface area contributed by atoms with Crippen LogP contribution in [0, 0.1) is 0 Å². The Kier molecular flexibility index (Phi) is 6.39. The number of aromatic nitrogens is 2. The molecule has 2 aromatic rings. The lowest BCUT2D eigenvalue weighted by Gasteiger charge is -2.10. The molecule has 0 unspecified atom stereocenters. The minimum absolute atomic E-state index is 0.200. The second kappa shape index (κ2) is 8.73. The van der Waals surface area contributed by atoms with E-state index in [0.29, 0.717) is 13.1 Å². The zero-order valence-electron chi connectivity index (χ0n) is 13.8. The number of pyridine rings is 2. The van der Waals surface area contributed by atoms with Crippen molar-refractivity contribution in [2.45, 2.75) is 6.54 Å². The van der Waals surface area contributed by atoms with Gasteiger partial charge in [-0.05, 0) is 38.4 Å². The van der Waals surface area contributed by atoms with E-state index in [2.05, 4.69) is 20.6 Å². The third-order valence-electron chi connectivity index (χ3n) is 3.22. The molecule has 2 rings (SSSR count). The van der Waals surface area contributed by atoms with Gasteiger partial charge in [-0.2, -0.15) is 0 Å². The Bertz CT molecular complexity index is 688. The summed E-state index contributed by atoms with van der Waals surface area (Å²) in [6.45, 7) is 1.56. The van der Waals surface area contributed by atoms with Gasteiger partial charge >= 0.3 is 0 Å². The molecule has 7 heteroatoms. The predicted octanol–water partition coefficient (Wildman–Crippen LogP) is 0.698. The second-order valence-electron chi connectivity index (χ2n) is 5.47. The van der Waals surface area contributed by atoms with Gasteiger partial charge in [0, 0.05) is 19.3 Å².